The number of hydrogen-bond donors (Lipinski definition) is 1. The van der Waals surface area contributed by atoms with Crippen LogP contribution < -0.4 is 10.9 Å². The van der Waals surface area contributed by atoms with Gasteiger partial charge in [0.1, 0.15) is 22.2 Å². The minimum absolute atomic E-state index is 0.380. The van der Waals surface area contributed by atoms with E-state index in [1.165, 1.54) is 11.3 Å². The molecule has 6 heteroatoms. The number of nitriles is 1. The van der Waals surface area contributed by atoms with Gasteiger partial charge in [-0.1, -0.05) is 30.3 Å². The number of benzene rings is 2. The lowest BCUT2D eigenvalue weighted by molar-refractivity contribution is 0.563. The number of hydrogen-bond acceptors (Lipinski definition) is 6. The Hall–Kier alpha value is -3.69. The lowest BCUT2D eigenvalue weighted by atomic mass is 10.1. The number of aromatic nitrogens is 1. The molecule has 0 radical (unpaired) electrons. The Morgan fingerprint density at radius 3 is 2.89 bits per heavy atom. The van der Waals surface area contributed by atoms with Crippen LogP contribution in [0, 0.1) is 18.3 Å². The van der Waals surface area contributed by atoms with Gasteiger partial charge in [0.25, 0.3) is 0 Å². The number of thiazole rings is 1. The molecule has 2 aromatic heterocycles. The summed E-state index contributed by atoms with van der Waals surface area (Å²) in [6.07, 6.45) is 1.63. The molecule has 2 aromatic carbocycles. The maximum absolute atomic E-state index is 12.3. The number of nitrogens with one attached hydrogen (secondary N) is 1. The second kappa shape index (κ2) is 7.51. The molecule has 4 rings (SSSR count). The van der Waals surface area contributed by atoms with Crippen molar-refractivity contribution in [3.05, 3.63) is 87.2 Å². The maximum atomic E-state index is 12.3. The Bertz CT molecular complexity index is 1290. The lowest BCUT2D eigenvalue weighted by Gasteiger charge is -2.02. The Morgan fingerprint density at radius 1 is 1.21 bits per heavy atom. The van der Waals surface area contributed by atoms with Crippen LogP contribution in [0.2, 0.25) is 0 Å². The van der Waals surface area contributed by atoms with E-state index < -0.39 is 5.63 Å². The summed E-state index contributed by atoms with van der Waals surface area (Å²) >= 11 is 1.31. The van der Waals surface area contributed by atoms with Crippen LogP contribution in [-0.2, 0) is 0 Å². The van der Waals surface area contributed by atoms with Crippen molar-refractivity contribution in [3.63, 3.8) is 0 Å². The predicted molar refractivity (Wildman–Crippen MR) is 112 cm³/mol. The first-order valence-corrected chi connectivity index (χ1v) is 9.44. The van der Waals surface area contributed by atoms with Gasteiger partial charge in [-0.25, -0.2) is 9.78 Å². The Morgan fingerprint density at radius 2 is 2.07 bits per heavy atom. The number of aryl methyl sites for hydroxylation is 1. The minimum Gasteiger partial charge on any atom is -0.422 e. The Balaban J connectivity index is 1.66. The molecule has 5 nitrogen and oxygen atoms in total. The fourth-order valence-corrected chi connectivity index (χ4v) is 3.58. The highest BCUT2D eigenvalue weighted by Crippen LogP contribution is 2.26. The SMILES string of the molecule is Cc1cccc(NC=C(C#N)c2nc(-c3cc4ccccc4oc3=O)cs2)c1. The summed E-state index contributed by atoms with van der Waals surface area (Å²) in [5.74, 6) is 0. The summed E-state index contributed by atoms with van der Waals surface area (Å²) < 4.78 is 5.38. The average molecular weight is 385 g/mol. The van der Waals surface area contributed by atoms with Crippen LogP contribution in [0.25, 0.3) is 27.8 Å². The van der Waals surface area contributed by atoms with Gasteiger partial charge in [-0.3, -0.25) is 0 Å². The largest absolute Gasteiger partial charge is 0.422 e. The van der Waals surface area contributed by atoms with Crippen LogP contribution >= 0.6 is 11.3 Å². The van der Waals surface area contributed by atoms with Gasteiger partial charge in [0.05, 0.1) is 11.3 Å². The molecule has 1 N–H and O–H groups in total. The van der Waals surface area contributed by atoms with Crippen molar-refractivity contribution in [2.24, 2.45) is 0 Å². The van der Waals surface area contributed by atoms with Crippen LogP contribution in [0.3, 0.4) is 0 Å². The Labute approximate surface area is 165 Å². The van der Waals surface area contributed by atoms with E-state index in [4.69, 9.17) is 4.42 Å². The highest BCUT2D eigenvalue weighted by molar-refractivity contribution is 7.11. The molecule has 136 valence electrons. The monoisotopic (exact) mass is 385 g/mol. The quantitative estimate of drug-likeness (QED) is 0.386. The van der Waals surface area contributed by atoms with Crippen LogP contribution in [0.1, 0.15) is 10.6 Å². The van der Waals surface area contributed by atoms with Crippen molar-refractivity contribution in [3.8, 4) is 17.3 Å². The summed E-state index contributed by atoms with van der Waals surface area (Å²) in [6, 6.07) is 19.1. The van der Waals surface area contributed by atoms with Gasteiger partial charge < -0.3 is 9.73 Å². The second-order valence-corrected chi connectivity index (χ2v) is 7.06. The number of rotatable bonds is 4. The number of para-hydroxylation sites is 1. The van der Waals surface area contributed by atoms with Crippen molar-refractivity contribution in [2.75, 3.05) is 5.32 Å². The van der Waals surface area contributed by atoms with Crippen molar-refractivity contribution in [2.45, 2.75) is 6.92 Å². The zero-order chi connectivity index (χ0) is 19.5. The van der Waals surface area contributed by atoms with E-state index in [-0.39, 0.29) is 0 Å². The first-order valence-electron chi connectivity index (χ1n) is 8.57. The van der Waals surface area contributed by atoms with E-state index in [1.54, 1.807) is 23.7 Å². The second-order valence-electron chi connectivity index (χ2n) is 6.21. The molecule has 0 aliphatic rings. The Kier molecular flexibility index (Phi) is 4.75. The van der Waals surface area contributed by atoms with Gasteiger partial charge in [-0.15, -0.1) is 11.3 Å². The van der Waals surface area contributed by atoms with Crippen molar-refractivity contribution >= 4 is 33.6 Å². The number of nitrogens with zero attached hydrogens (tertiary/aromatic N) is 2. The summed E-state index contributed by atoms with van der Waals surface area (Å²) in [7, 11) is 0. The highest BCUT2D eigenvalue weighted by atomic mass is 32.1. The van der Waals surface area contributed by atoms with E-state index in [9.17, 15) is 10.1 Å². The molecular weight excluding hydrogens is 370 g/mol. The zero-order valence-electron chi connectivity index (χ0n) is 15.0. The van der Waals surface area contributed by atoms with Crippen LogP contribution in [0.15, 0.2) is 75.4 Å². The number of fused-ring (bicyclic) bond motifs is 1. The van der Waals surface area contributed by atoms with Gasteiger partial charge in [0.2, 0.25) is 0 Å². The molecule has 0 amide bonds. The third-order valence-electron chi connectivity index (χ3n) is 4.17. The van der Waals surface area contributed by atoms with Crippen molar-refractivity contribution in [1.82, 2.24) is 4.98 Å². The molecule has 2 heterocycles. The first kappa shape index (κ1) is 17.7. The lowest BCUT2D eigenvalue weighted by Crippen LogP contribution is -2.02. The van der Waals surface area contributed by atoms with E-state index in [0.717, 1.165) is 16.6 Å². The first-order chi connectivity index (χ1) is 13.6. The highest BCUT2D eigenvalue weighted by Gasteiger charge is 2.13. The molecular formula is C22H15N3O2S. The fourth-order valence-electron chi connectivity index (χ4n) is 2.79. The molecule has 0 saturated heterocycles. The summed E-state index contributed by atoms with van der Waals surface area (Å²) in [4.78, 5) is 16.8. The molecule has 0 saturated carbocycles. The molecule has 0 fully saturated rings. The average Bonchev–Trinajstić information content (AvgIpc) is 3.18. The fraction of sp³-hybridized carbons (Fsp3) is 0.0455. The molecule has 4 aromatic rings. The van der Waals surface area contributed by atoms with E-state index in [1.807, 2.05) is 49.4 Å². The standard InChI is InChI=1S/C22H15N3O2S/c1-14-5-4-7-17(9-14)24-12-16(11-23)21-25-19(13-28-21)18-10-15-6-2-3-8-20(15)27-22(18)26/h2-10,12-13,24H,1H3. The van der Waals surface area contributed by atoms with Gasteiger partial charge in [-0.05, 0) is 36.8 Å². The molecule has 0 spiro atoms. The smallest absolute Gasteiger partial charge is 0.345 e. The van der Waals surface area contributed by atoms with Crippen molar-refractivity contribution < 1.29 is 4.42 Å². The molecule has 0 aliphatic heterocycles. The van der Waals surface area contributed by atoms with Gasteiger partial charge in [0, 0.05) is 22.7 Å². The van der Waals surface area contributed by atoms with Crippen LogP contribution in [0.5, 0.6) is 0 Å². The van der Waals surface area contributed by atoms with Gasteiger partial charge in [-0.2, -0.15) is 5.26 Å². The third kappa shape index (κ3) is 3.56. The summed E-state index contributed by atoms with van der Waals surface area (Å²) in [5, 5.41) is 15.8. The minimum atomic E-state index is -0.448. The van der Waals surface area contributed by atoms with Crippen molar-refractivity contribution in [1.29, 1.82) is 5.26 Å². The maximum Gasteiger partial charge on any atom is 0.345 e. The number of anilines is 1. The van der Waals surface area contributed by atoms with E-state index >= 15 is 0 Å². The zero-order valence-corrected chi connectivity index (χ0v) is 15.8. The van der Waals surface area contributed by atoms with Gasteiger partial charge >= 0.3 is 5.63 Å². The molecule has 0 atom stereocenters. The predicted octanol–water partition coefficient (Wildman–Crippen LogP) is 5.20. The molecule has 0 unspecified atom stereocenters. The topological polar surface area (TPSA) is 78.9 Å². The van der Waals surface area contributed by atoms with Gasteiger partial charge in [0.15, 0.2) is 0 Å². The van der Waals surface area contributed by atoms with E-state index in [0.29, 0.717) is 27.4 Å². The summed E-state index contributed by atoms with van der Waals surface area (Å²) in [6.45, 7) is 2.00. The normalized spacial score (nSPS) is 11.4. The molecule has 0 bridgehead atoms. The van der Waals surface area contributed by atoms with E-state index in [2.05, 4.69) is 16.4 Å². The van der Waals surface area contributed by atoms with Crippen LogP contribution in [0.4, 0.5) is 5.69 Å². The molecule has 0 aliphatic carbocycles. The third-order valence-corrected chi connectivity index (χ3v) is 5.05. The summed E-state index contributed by atoms with van der Waals surface area (Å²) in [5.41, 5.74) is 3.36. The molecule has 28 heavy (non-hydrogen) atoms. The van der Waals surface area contributed by atoms with Crippen LogP contribution in [-0.4, -0.2) is 4.98 Å². The number of allylic oxidation sites excluding steroid dienone is 1.